The van der Waals surface area contributed by atoms with Crippen molar-refractivity contribution in [2.45, 2.75) is 25.4 Å². The Bertz CT molecular complexity index is 836. The second-order valence-electron chi connectivity index (χ2n) is 7.16. The van der Waals surface area contributed by atoms with E-state index in [1.807, 2.05) is 0 Å². The Morgan fingerprint density at radius 3 is 2.26 bits per heavy atom. The van der Waals surface area contributed by atoms with Crippen molar-refractivity contribution in [3.8, 4) is 0 Å². The summed E-state index contributed by atoms with van der Waals surface area (Å²) in [6.45, 7) is 0.706. The van der Waals surface area contributed by atoms with Gasteiger partial charge in [-0.1, -0.05) is 0 Å². The van der Waals surface area contributed by atoms with Crippen LogP contribution in [0.25, 0.3) is 0 Å². The standard InChI is InChI=1S/C24H25O2P/c25-23(24-15-8-16-26-24)18-19-9-7-14-22(17-19)27(20-10-3-1-4-11-20)21-12-5-2-6-13-21/h1-7,9-14,18,24H,8,15-17,27H2. The number of carbonyl (C=O) groups excluding carboxylic acids is 1. The monoisotopic (exact) mass is 376 g/mol. The summed E-state index contributed by atoms with van der Waals surface area (Å²) in [5.41, 5.74) is 1.09. The van der Waals surface area contributed by atoms with E-state index >= 15 is 0 Å². The van der Waals surface area contributed by atoms with Crippen molar-refractivity contribution in [1.82, 2.24) is 0 Å². The SMILES string of the molecule is O=C(C=C1C=CC=C([PH2](c2ccccc2)c2ccccc2)C1)C1CCCO1. The molecule has 0 aromatic heterocycles. The van der Waals surface area contributed by atoms with Gasteiger partial charge in [0.25, 0.3) is 0 Å². The van der Waals surface area contributed by atoms with Crippen molar-refractivity contribution in [3.05, 3.63) is 95.9 Å². The van der Waals surface area contributed by atoms with Gasteiger partial charge in [-0.3, -0.25) is 0 Å². The zero-order valence-electron chi connectivity index (χ0n) is 15.4. The molecule has 1 heterocycles. The van der Waals surface area contributed by atoms with E-state index < -0.39 is 7.92 Å². The first kappa shape index (κ1) is 18.1. The zero-order valence-corrected chi connectivity index (χ0v) is 16.5. The fraction of sp³-hybridized carbons (Fsp3) is 0.208. The number of ketones is 1. The third kappa shape index (κ3) is 4.35. The van der Waals surface area contributed by atoms with Crippen LogP contribution in [0.5, 0.6) is 0 Å². The van der Waals surface area contributed by atoms with E-state index in [4.69, 9.17) is 4.74 Å². The number of benzene rings is 2. The van der Waals surface area contributed by atoms with Crippen LogP contribution in [0.2, 0.25) is 0 Å². The van der Waals surface area contributed by atoms with Gasteiger partial charge in [0.1, 0.15) is 0 Å². The summed E-state index contributed by atoms with van der Waals surface area (Å²) in [6.07, 6.45) is 10.7. The normalized spacial score (nSPS) is 21.2. The van der Waals surface area contributed by atoms with Gasteiger partial charge < -0.3 is 0 Å². The van der Waals surface area contributed by atoms with Crippen LogP contribution >= 0.6 is 7.92 Å². The molecule has 1 saturated heterocycles. The topological polar surface area (TPSA) is 26.3 Å². The van der Waals surface area contributed by atoms with Gasteiger partial charge in [-0.2, -0.15) is 0 Å². The Labute approximate surface area is 162 Å². The first-order valence-corrected chi connectivity index (χ1v) is 11.4. The molecule has 138 valence electrons. The van der Waals surface area contributed by atoms with Crippen molar-refractivity contribution in [3.63, 3.8) is 0 Å². The minimum absolute atomic E-state index is 0.117. The Kier molecular flexibility index (Phi) is 5.77. The number of hydrogen-bond donors (Lipinski definition) is 0. The first-order valence-electron chi connectivity index (χ1n) is 9.64. The molecule has 0 bridgehead atoms. The second kappa shape index (κ2) is 8.61. The van der Waals surface area contributed by atoms with Crippen LogP contribution in [0.15, 0.2) is 95.9 Å². The van der Waals surface area contributed by atoms with Crippen LogP contribution in [0.3, 0.4) is 0 Å². The van der Waals surface area contributed by atoms with Gasteiger partial charge in [-0.15, -0.1) is 0 Å². The van der Waals surface area contributed by atoms with Gasteiger partial charge in [0.05, 0.1) is 0 Å². The maximum atomic E-state index is 12.5. The van der Waals surface area contributed by atoms with E-state index in [1.54, 1.807) is 6.08 Å². The predicted octanol–water partition coefficient (Wildman–Crippen LogP) is 4.10. The molecule has 0 amide bonds. The quantitative estimate of drug-likeness (QED) is 0.580. The molecule has 0 N–H and O–H groups in total. The van der Waals surface area contributed by atoms with E-state index in [9.17, 15) is 4.79 Å². The van der Waals surface area contributed by atoms with Gasteiger partial charge >= 0.3 is 162 Å². The zero-order chi connectivity index (χ0) is 18.5. The van der Waals surface area contributed by atoms with Crippen molar-refractivity contribution in [2.24, 2.45) is 0 Å². The number of carbonyl (C=O) groups is 1. The van der Waals surface area contributed by atoms with Crippen LogP contribution in [-0.4, -0.2) is 18.5 Å². The third-order valence-electron chi connectivity index (χ3n) is 5.24. The molecule has 4 rings (SSSR count). The fourth-order valence-corrected chi connectivity index (χ4v) is 7.13. The molecule has 2 aromatic carbocycles. The van der Waals surface area contributed by atoms with Gasteiger partial charge in [-0.25, -0.2) is 0 Å². The molecule has 1 atom stereocenters. The molecular weight excluding hydrogens is 351 g/mol. The third-order valence-corrected chi connectivity index (χ3v) is 8.48. The van der Waals surface area contributed by atoms with Crippen LogP contribution in [0.4, 0.5) is 0 Å². The number of ether oxygens (including phenoxy) is 1. The van der Waals surface area contributed by atoms with Crippen molar-refractivity contribution in [2.75, 3.05) is 6.61 Å². The van der Waals surface area contributed by atoms with E-state index in [2.05, 4.69) is 78.9 Å². The Hall–Kier alpha value is -2.28. The molecule has 2 aliphatic rings. The van der Waals surface area contributed by atoms with Crippen LogP contribution < -0.4 is 10.6 Å². The summed E-state index contributed by atoms with van der Waals surface area (Å²) in [6, 6.07) is 21.6. The molecule has 3 heteroatoms. The average Bonchev–Trinajstić information content (AvgIpc) is 3.25. The average molecular weight is 376 g/mol. The minimum atomic E-state index is -1.52. The van der Waals surface area contributed by atoms with Crippen LogP contribution in [-0.2, 0) is 9.53 Å². The summed E-state index contributed by atoms with van der Waals surface area (Å²) < 4.78 is 5.55. The Morgan fingerprint density at radius 2 is 1.67 bits per heavy atom. The number of hydrogen-bond acceptors (Lipinski definition) is 2. The van der Waals surface area contributed by atoms with Crippen molar-refractivity contribution < 1.29 is 9.53 Å². The molecule has 1 unspecified atom stereocenters. The summed E-state index contributed by atoms with van der Waals surface area (Å²) in [5.74, 6) is 0.117. The molecule has 27 heavy (non-hydrogen) atoms. The molecule has 2 aromatic rings. The Morgan fingerprint density at radius 1 is 1.00 bits per heavy atom. The van der Waals surface area contributed by atoms with Crippen molar-refractivity contribution in [1.29, 1.82) is 0 Å². The van der Waals surface area contributed by atoms with Gasteiger partial charge in [0.2, 0.25) is 0 Å². The number of allylic oxidation sites excluding steroid dienone is 5. The molecule has 2 nitrogen and oxygen atoms in total. The maximum absolute atomic E-state index is 12.5. The molecule has 1 aliphatic carbocycles. The van der Waals surface area contributed by atoms with Gasteiger partial charge in [0.15, 0.2) is 0 Å². The molecule has 1 fully saturated rings. The predicted molar refractivity (Wildman–Crippen MR) is 116 cm³/mol. The van der Waals surface area contributed by atoms with E-state index in [0.29, 0.717) is 6.61 Å². The fourth-order valence-electron chi connectivity index (χ4n) is 3.94. The molecule has 0 radical (unpaired) electrons. The summed E-state index contributed by atoms with van der Waals surface area (Å²) in [4.78, 5) is 12.5. The van der Waals surface area contributed by atoms with Gasteiger partial charge in [-0.05, 0) is 0 Å². The van der Waals surface area contributed by atoms with E-state index in [0.717, 1.165) is 24.8 Å². The van der Waals surface area contributed by atoms with Crippen LogP contribution in [0, 0.1) is 0 Å². The summed E-state index contributed by atoms with van der Waals surface area (Å²) in [7, 11) is -1.52. The van der Waals surface area contributed by atoms with E-state index in [1.165, 1.54) is 15.9 Å². The molecule has 0 saturated carbocycles. The van der Waals surface area contributed by atoms with Gasteiger partial charge in [0, 0.05) is 0 Å². The van der Waals surface area contributed by atoms with E-state index in [-0.39, 0.29) is 11.9 Å². The van der Waals surface area contributed by atoms with Crippen LogP contribution in [0.1, 0.15) is 19.3 Å². The summed E-state index contributed by atoms with van der Waals surface area (Å²) in [5, 5.41) is 4.27. The summed E-state index contributed by atoms with van der Waals surface area (Å²) >= 11 is 0. The van der Waals surface area contributed by atoms with Crippen molar-refractivity contribution >= 4 is 24.3 Å². The Balaban J connectivity index is 1.62. The first-order chi connectivity index (χ1) is 13.3. The molecule has 0 spiro atoms. The second-order valence-corrected chi connectivity index (χ2v) is 10.1. The molecular formula is C24H25O2P. The molecule has 1 aliphatic heterocycles. The number of rotatable bonds is 5.